The van der Waals surface area contributed by atoms with Crippen molar-refractivity contribution in [2.24, 2.45) is 0 Å². The zero-order chi connectivity index (χ0) is 11.3. The molecule has 1 aromatic rings. The Morgan fingerprint density at radius 1 is 1.20 bits per heavy atom. The summed E-state index contributed by atoms with van der Waals surface area (Å²) in [5.41, 5.74) is 6.14. The van der Waals surface area contributed by atoms with Gasteiger partial charge in [-0.1, -0.05) is 49.5 Å². The standard InChI is InChI=1S/C14H20Si/c1-13-8-7-10-14(12-13)9-5-6-11-15(2,3)4/h7-8,10,12H,5,9H2,1-4H3. The fourth-order valence-electron chi connectivity index (χ4n) is 1.40. The third kappa shape index (κ3) is 5.44. The zero-order valence-electron chi connectivity index (χ0n) is 10.2. The van der Waals surface area contributed by atoms with E-state index in [0.29, 0.717) is 0 Å². The molecule has 0 saturated carbocycles. The van der Waals surface area contributed by atoms with E-state index in [1.165, 1.54) is 11.1 Å². The lowest BCUT2D eigenvalue weighted by atomic mass is 10.1. The summed E-state index contributed by atoms with van der Waals surface area (Å²) in [6.07, 6.45) is 2.08. The average molecular weight is 216 g/mol. The van der Waals surface area contributed by atoms with Gasteiger partial charge in [0.2, 0.25) is 0 Å². The molecule has 0 fully saturated rings. The van der Waals surface area contributed by atoms with Crippen molar-refractivity contribution in [1.29, 1.82) is 0 Å². The van der Waals surface area contributed by atoms with Gasteiger partial charge in [-0.2, -0.15) is 0 Å². The summed E-state index contributed by atoms with van der Waals surface area (Å²) in [4.78, 5) is 0. The second kappa shape index (κ2) is 5.18. The highest BCUT2D eigenvalue weighted by Gasteiger charge is 2.06. The van der Waals surface area contributed by atoms with Crippen molar-refractivity contribution in [2.75, 3.05) is 0 Å². The van der Waals surface area contributed by atoms with Crippen LogP contribution >= 0.6 is 0 Å². The third-order valence-electron chi connectivity index (χ3n) is 2.08. The molecular weight excluding hydrogens is 196 g/mol. The Balaban J connectivity index is 2.47. The summed E-state index contributed by atoms with van der Waals surface area (Å²) < 4.78 is 0. The van der Waals surface area contributed by atoms with E-state index in [9.17, 15) is 0 Å². The van der Waals surface area contributed by atoms with E-state index in [1.54, 1.807) is 0 Å². The summed E-state index contributed by atoms with van der Waals surface area (Å²) in [6, 6.07) is 8.69. The van der Waals surface area contributed by atoms with Gasteiger partial charge in [0.15, 0.2) is 0 Å². The van der Waals surface area contributed by atoms with E-state index in [4.69, 9.17) is 0 Å². The largest absolute Gasteiger partial charge is 0.132 e. The first-order valence-corrected chi connectivity index (χ1v) is 9.03. The van der Waals surface area contributed by atoms with Crippen molar-refractivity contribution >= 4 is 8.07 Å². The van der Waals surface area contributed by atoms with Gasteiger partial charge < -0.3 is 0 Å². The van der Waals surface area contributed by atoms with Crippen LogP contribution in [0.25, 0.3) is 0 Å². The van der Waals surface area contributed by atoms with Gasteiger partial charge in [-0.25, -0.2) is 0 Å². The Labute approximate surface area is 94.7 Å². The van der Waals surface area contributed by atoms with Gasteiger partial charge in [0.1, 0.15) is 8.07 Å². The fourth-order valence-corrected chi connectivity index (χ4v) is 2.06. The summed E-state index contributed by atoms with van der Waals surface area (Å²) >= 11 is 0. The summed E-state index contributed by atoms with van der Waals surface area (Å²) in [5.74, 6) is 3.31. The topological polar surface area (TPSA) is 0 Å². The molecule has 0 nitrogen and oxygen atoms in total. The SMILES string of the molecule is Cc1cccc(CCC#C[Si](C)(C)C)c1. The van der Waals surface area contributed by atoms with Gasteiger partial charge in [0, 0.05) is 6.42 Å². The molecule has 0 aliphatic rings. The van der Waals surface area contributed by atoms with Gasteiger partial charge in [-0.3, -0.25) is 0 Å². The lowest BCUT2D eigenvalue weighted by Crippen LogP contribution is -2.16. The summed E-state index contributed by atoms with van der Waals surface area (Å²) in [6.45, 7) is 8.99. The van der Waals surface area contributed by atoms with E-state index >= 15 is 0 Å². The molecular formula is C14H20Si. The lowest BCUT2D eigenvalue weighted by molar-refractivity contribution is 1.03. The van der Waals surface area contributed by atoms with E-state index in [-0.39, 0.29) is 0 Å². The van der Waals surface area contributed by atoms with Gasteiger partial charge >= 0.3 is 0 Å². The Morgan fingerprint density at radius 3 is 2.53 bits per heavy atom. The summed E-state index contributed by atoms with van der Waals surface area (Å²) in [7, 11) is -1.17. The highest BCUT2D eigenvalue weighted by Crippen LogP contribution is 2.06. The highest BCUT2D eigenvalue weighted by molar-refractivity contribution is 6.83. The Morgan fingerprint density at radius 2 is 1.93 bits per heavy atom. The van der Waals surface area contributed by atoms with Crippen LogP contribution in [0.2, 0.25) is 19.6 Å². The minimum atomic E-state index is -1.17. The van der Waals surface area contributed by atoms with E-state index in [2.05, 4.69) is 62.3 Å². The Kier molecular flexibility index (Phi) is 4.17. The molecule has 1 aromatic carbocycles. The number of rotatable bonds is 2. The molecule has 80 valence electrons. The monoisotopic (exact) mass is 216 g/mol. The molecule has 0 aromatic heterocycles. The quantitative estimate of drug-likeness (QED) is 0.521. The normalized spacial score (nSPS) is 10.7. The molecule has 0 aliphatic carbocycles. The first kappa shape index (κ1) is 12.1. The predicted molar refractivity (Wildman–Crippen MR) is 70.6 cm³/mol. The van der Waals surface area contributed by atoms with Crippen LogP contribution in [0.1, 0.15) is 17.5 Å². The Hall–Kier alpha value is -1.00. The number of benzene rings is 1. The molecule has 1 rings (SSSR count). The molecule has 0 unspecified atom stereocenters. The van der Waals surface area contributed by atoms with Gasteiger partial charge in [-0.05, 0) is 18.9 Å². The fraction of sp³-hybridized carbons (Fsp3) is 0.429. The lowest BCUT2D eigenvalue weighted by Gasteiger charge is -2.03. The molecule has 1 heteroatoms. The van der Waals surface area contributed by atoms with Gasteiger partial charge in [0.25, 0.3) is 0 Å². The molecule has 0 bridgehead atoms. The first-order chi connectivity index (χ1) is 6.97. The molecule has 0 heterocycles. The van der Waals surface area contributed by atoms with E-state index < -0.39 is 8.07 Å². The zero-order valence-corrected chi connectivity index (χ0v) is 11.2. The number of hydrogen-bond donors (Lipinski definition) is 0. The summed E-state index contributed by atoms with van der Waals surface area (Å²) in [5, 5.41) is 0. The third-order valence-corrected chi connectivity index (χ3v) is 3.01. The molecule has 0 radical (unpaired) electrons. The molecule has 0 spiro atoms. The van der Waals surface area contributed by atoms with Crippen LogP contribution in [0, 0.1) is 18.4 Å². The molecule has 0 amide bonds. The highest BCUT2D eigenvalue weighted by atomic mass is 28.3. The molecule has 0 N–H and O–H groups in total. The smallest absolute Gasteiger partial charge is 0.129 e. The Bertz CT molecular complexity index is 374. The van der Waals surface area contributed by atoms with Crippen LogP contribution in [0.4, 0.5) is 0 Å². The van der Waals surface area contributed by atoms with Crippen molar-refractivity contribution in [1.82, 2.24) is 0 Å². The minimum absolute atomic E-state index is 0.994. The van der Waals surface area contributed by atoms with Crippen LogP contribution < -0.4 is 0 Å². The van der Waals surface area contributed by atoms with E-state index in [0.717, 1.165) is 12.8 Å². The first-order valence-electron chi connectivity index (χ1n) is 5.53. The van der Waals surface area contributed by atoms with Crippen molar-refractivity contribution in [3.05, 3.63) is 35.4 Å². The molecule has 0 atom stereocenters. The van der Waals surface area contributed by atoms with Crippen molar-refractivity contribution in [3.8, 4) is 11.5 Å². The van der Waals surface area contributed by atoms with Gasteiger partial charge in [0.05, 0.1) is 0 Å². The molecule has 0 aliphatic heterocycles. The maximum Gasteiger partial charge on any atom is 0.129 e. The van der Waals surface area contributed by atoms with E-state index in [1.807, 2.05) is 0 Å². The van der Waals surface area contributed by atoms with Gasteiger partial charge in [-0.15, -0.1) is 11.5 Å². The molecule has 0 saturated heterocycles. The number of hydrogen-bond acceptors (Lipinski definition) is 0. The maximum absolute atomic E-state index is 3.40. The van der Waals surface area contributed by atoms with Crippen molar-refractivity contribution in [2.45, 2.75) is 39.4 Å². The second-order valence-electron chi connectivity index (χ2n) is 5.04. The van der Waals surface area contributed by atoms with Crippen LogP contribution in [0.3, 0.4) is 0 Å². The van der Waals surface area contributed by atoms with Crippen molar-refractivity contribution in [3.63, 3.8) is 0 Å². The average Bonchev–Trinajstić information content (AvgIpc) is 2.11. The predicted octanol–water partition coefficient (Wildman–Crippen LogP) is 3.81. The van der Waals surface area contributed by atoms with Crippen LogP contribution in [0.5, 0.6) is 0 Å². The number of aryl methyl sites for hydroxylation is 2. The second-order valence-corrected chi connectivity index (χ2v) is 9.79. The van der Waals surface area contributed by atoms with Crippen molar-refractivity contribution < 1.29 is 0 Å². The maximum atomic E-state index is 3.40. The van der Waals surface area contributed by atoms with Crippen LogP contribution in [0.15, 0.2) is 24.3 Å². The molecule has 15 heavy (non-hydrogen) atoms. The van der Waals surface area contributed by atoms with Crippen LogP contribution in [-0.4, -0.2) is 8.07 Å². The minimum Gasteiger partial charge on any atom is -0.132 e. The van der Waals surface area contributed by atoms with Crippen LogP contribution in [-0.2, 0) is 6.42 Å².